The fourth-order valence-corrected chi connectivity index (χ4v) is 2.11. The highest BCUT2D eigenvalue weighted by Gasteiger charge is 2.11. The van der Waals surface area contributed by atoms with Gasteiger partial charge in [0.05, 0.1) is 7.11 Å². The van der Waals surface area contributed by atoms with Crippen molar-refractivity contribution in [1.29, 1.82) is 5.26 Å². The van der Waals surface area contributed by atoms with Crippen LogP contribution in [-0.2, 0) is 11.2 Å². The first-order valence-corrected chi connectivity index (χ1v) is 7.33. The van der Waals surface area contributed by atoms with Crippen molar-refractivity contribution in [2.45, 2.75) is 13.3 Å². The van der Waals surface area contributed by atoms with Crippen LogP contribution in [0.5, 0.6) is 5.75 Å². The van der Waals surface area contributed by atoms with Crippen LogP contribution in [0.3, 0.4) is 0 Å². The Hall–Kier alpha value is -3.06. The summed E-state index contributed by atoms with van der Waals surface area (Å²) in [6.07, 6.45) is 2.46. The highest BCUT2D eigenvalue weighted by Crippen LogP contribution is 2.21. The van der Waals surface area contributed by atoms with Gasteiger partial charge in [0.25, 0.3) is 5.91 Å². The quantitative estimate of drug-likeness (QED) is 0.675. The van der Waals surface area contributed by atoms with Crippen molar-refractivity contribution in [2.24, 2.45) is 0 Å². The van der Waals surface area contributed by atoms with E-state index in [1.165, 1.54) is 11.6 Å². The second-order valence-electron chi connectivity index (χ2n) is 4.92. The SMILES string of the molecule is CCc1ccc(NC(=O)C(C#N)=Cc2ccccc2OC)cc1. The van der Waals surface area contributed by atoms with Crippen molar-refractivity contribution in [3.63, 3.8) is 0 Å². The summed E-state index contributed by atoms with van der Waals surface area (Å²) in [6.45, 7) is 2.07. The van der Waals surface area contributed by atoms with Gasteiger partial charge in [-0.1, -0.05) is 37.3 Å². The average molecular weight is 306 g/mol. The van der Waals surface area contributed by atoms with E-state index in [1.54, 1.807) is 19.2 Å². The van der Waals surface area contributed by atoms with Crippen LogP contribution in [0.15, 0.2) is 54.1 Å². The monoisotopic (exact) mass is 306 g/mol. The number of benzene rings is 2. The number of para-hydroxylation sites is 1. The Morgan fingerprint density at radius 3 is 2.52 bits per heavy atom. The van der Waals surface area contributed by atoms with Crippen molar-refractivity contribution < 1.29 is 9.53 Å². The number of hydrogen-bond acceptors (Lipinski definition) is 3. The molecule has 4 heteroatoms. The molecule has 2 aromatic carbocycles. The van der Waals surface area contributed by atoms with Gasteiger partial charge in [0.1, 0.15) is 17.4 Å². The van der Waals surface area contributed by atoms with Gasteiger partial charge in [0, 0.05) is 11.3 Å². The molecule has 0 atom stereocenters. The number of rotatable bonds is 5. The van der Waals surface area contributed by atoms with E-state index in [1.807, 2.05) is 42.5 Å². The van der Waals surface area contributed by atoms with Gasteiger partial charge < -0.3 is 10.1 Å². The molecule has 2 rings (SSSR count). The normalized spacial score (nSPS) is 10.7. The third kappa shape index (κ3) is 4.21. The van der Waals surface area contributed by atoms with Crippen molar-refractivity contribution >= 4 is 17.7 Å². The fourth-order valence-electron chi connectivity index (χ4n) is 2.11. The molecule has 1 N–H and O–H groups in total. The first-order chi connectivity index (χ1) is 11.2. The largest absolute Gasteiger partial charge is 0.496 e. The van der Waals surface area contributed by atoms with Gasteiger partial charge in [-0.05, 0) is 36.3 Å². The van der Waals surface area contributed by atoms with E-state index < -0.39 is 5.91 Å². The number of carbonyl (C=O) groups is 1. The molecule has 2 aromatic rings. The Balaban J connectivity index is 2.21. The molecule has 0 aliphatic rings. The molecule has 0 bridgehead atoms. The number of ether oxygens (including phenoxy) is 1. The van der Waals surface area contributed by atoms with Gasteiger partial charge in [0.15, 0.2) is 0 Å². The van der Waals surface area contributed by atoms with Gasteiger partial charge in [-0.15, -0.1) is 0 Å². The first-order valence-electron chi connectivity index (χ1n) is 7.33. The molecule has 0 aromatic heterocycles. The third-order valence-electron chi connectivity index (χ3n) is 3.42. The molecule has 0 fully saturated rings. The number of aryl methyl sites for hydroxylation is 1. The molecule has 0 heterocycles. The summed E-state index contributed by atoms with van der Waals surface area (Å²) >= 11 is 0. The van der Waals surface area contributed by atoms with Crippen molar-refractivity contribution in [1.82, 2.24) is 0 Å². The number of nitriles is 1. The number of nitrogens with zero attached hydrogens (tertiary/aromatic N) is 1. The summed E-state index contributed by atoms with van der Waals surface area (Å²) in [5.41, 5.74) is 2.55. The van der Waals surface area contributed by atoms with E-state index in [9.17, 15) is 10.1 Å². The predicted molar refractivity (Wildman–Crippen MR) is 91.0 cm³/mol. The summed E-state index contributed by atoms with van der Waals surface area (Å²) in [5.74, 6) is 0.169. The van der Waals surface area contributed by atoms with E-state index in [0.29, 0.717) is 17.0 Å². The lowest BCUT2D eigenvalue weighted by Crippen LogP contribution is -2.13. The molecule has 0 spiro atoms. The lowest BCUT2D eigenvalue weighted by Gasteiger charge is -2.07. The number of amides is 1. The maximum Gasteiger partial charge on any atom is 0.266 e. The Kier molecular flexibility index (Phi) is 5.54. The molecule has 116 valence electrons. The maximum atomic E-state index is 12.3. The van der Waals surface area contributed by atoms with Crippen LogP contribution in [0.2, 0.25) is 0 Å². The Bertz CT molecular complexity index is 756. The lowest BCUT2D eigenvalue weighted by atomic mass is 10.1. The smallest absolute Gasteiger partial charge is 0.266 e. The predicted octanol–water partition coefficient (Wildman–Crippen LogP) is 3.80. The van der Waals surface area contributed by atoms with E-state index in [4.69, 9.17) is 4.74 Å². The highest BCUT2D eigenvalue weighted by molar-refractivity contribution is 6.09. The van der Waals surface area contributed by atoms with Crippen LogP contribution in [-0.4, -0.2) is 13.0 Å². The van der Waals surface area contributed by atoms with Crippen LogP contribution < -0.4 is 10.1 Å². The summed E-state index contributed by atoms with van der Waals surface area (Å²) in [7, 11) is 1.55. The number of anilines is 1. The summed E-state index contributed by atoms with van der Waals surface area (Å²) in [4.78, 5) is 12.3. The zero-order valence-electron chi connectivity index (χ0n) is 13.2. The molecule has 0 aliphatic heterocycles. The molecule has 0 aliphatic carbocycles. The molecular weight excluding hydrogens is 288 g/mol. The first kappa shape index (κ1) is 16.3. The van der Waals surface area contributed by atoms with Crippen molar-refractivity contribution in [2.75, 3.05) is 12.4 Å². The summed E-state index contributed by atoms with van der Waals surface area (Å²) < 4.78 is 5.23. The van der Waals surface area contributed by atoms with Crippen LogP contribution >= 0.6 is 0 Å². The van der Waals surface area contributed by atoms with E-state index in [-0.39, 0.29) is 5.57 Å². The minimum Gasteiger partial charge on any atom is -0.496 e. The standard InChI is InChI=1S/C19H18N2O2/c1-3-14-8-10-17(11-9-14)21-19(22)16(13-20)12-15-6-4-5-7-18(15)23-2/h4-12H,3H2,1-2H3,(H,21,22). The maximum absolute atomic E-state index is 12.3. The van der Waals surface area contributed by atoms with E-state index in [0.717, 1.165) is 6.42 Å². The van der Waals surface area contributed by atoms with Crippen LogP contribution in [0.1, 0.15) is 18.1 Å². The Labute approximate surface area is 136 Å². The Morgan fingerprint density at radius 1 is 1.22 bits per heavy atom. The second kappa shape index (κ2) is 7.81. The average Bonchev–Trinajstić information content (AvgIpc) is 2.60. The van der Waals surface area contributed by atoms with Crippen molar-refractivity contribution in [3.8, 4) is 11.8 Å². The van der Waals surface area contributed by atoms with E-state index >= 15 is 0 Å². The summed E-state index contributed by atoms with van der Waals surface area (Å²) in [6, 6.07) is 16.7. The topological polar surface area (TPSA) is 62.1 Å². The minimum atomic E-state index is -0.442. The molecule has 0 saturated heterocycles. The molecular formula is C19H18N2O2. The zero-order chi connectivity index (χ0) is 16.7. The van der Waals surface area contributed by atoms with Crippen LogP contribution in [0, 0.1) is 11.3 Å². The van der Waals surface area contributed by atoms with Crippen LogP contribution in [0.4, 0.5) is 5.69 Å². The third-order valence-corrected chi connectivity index (χ3v) is 3.42. The van der Waals surface area contributed by atoms with Crippen LogP contribution in [0.25, 0.3) is 6.08 Å². The van der Waals surface area contributed by atoms with E-state index in [2.05, 4.69) is 12.2 Å². The van der Waals surface area contributed by atoms with Gasteiger partial charge in [-0.3, -0.25) is 4.79 Å². The molecule has 0 unspecified atom stereocenters. The zero-order valence-corrected chi connectivity index (χ0v) is 13.2. The second-order valence-corrected chi connectivity index (χ2v) is 4.92. The molecule has 23 heavy (non-hydrogen) atoms. The molecule has 0 saturated carbocycles. The highest BCUT2D eigenvalue weighted by atomic mass is 16.5. The van der Waals surface area contributed by atoms with Gasteiger partial charge >= 0.3 is 0 Å². The Morgan fingerprint density at radius 2 is 1.91 bits per heavy atom. The fraction of sp³-hybridized carbons (Fsp3) is 0.158. The van der Waals surface area contributed by atoms with Gasteiger partial charge in [0.2, 0.25) is 0 Å². The van der Waals surface area contributed by atoms with Gasteiger partial charge in [-0.25, -0.2) is 0 Å². The van der Waals surface area contributed by atoms with Gasteiger partial charge in [-0.2, -0.15) is 5.26 Å². The number of methoxy groups -OCH3 is 1. The lowest BCUT2D eigenvalue weighted by molar-refractivity contribution is -0.112. The molecule has 1 amide bonds. The minimum absolute atomic E-state index is 0.0223. The number of hydrogen-bond donors (Lipinski definition) is 1. The number of carbonyl (C=O) groups excluding carboxylic acids is 1. The van der Waals surface area contributed by atoms with Crippen molar-refractivity contribution in [3.05, 3.63) is 65.2 Å². The summed E-state index contributed by atoms with van der Waals surface area (Å²) in [5, 5.41) is 12.0. The molecule has 0 radical (unpaired) electrons. The number of nitrogens with one attached hydrogen (secondary N) is 1. The molecule has 4 nitrogen and oxygen atoms in total.